The van der Waals surface area contributed by atoms with Crippen LogP contribution in [0.5, 0.6) is 5.75 Å². The van der Waals surface area contributed by atoms with E-state index in [9.17, 15) is 9.59 Å². The van der Waals surface area contributed by atoms with E-state index in [1.54, 1.807) is 31.4 Å². The maximum Gasteiger partial charge on any atom is 0.255 e. The van der Waals surface area contributed by atoms with Crippen molar-refractivity contribution in [2.24, 2.45) is 0 Å². The predicted molar refractivity (Wildman–Crippen MR) is 123 cm³/mol. The topological polar surface area (TPSA) is 67.4 Å². The number of carbonyl (C=O) groups excluding carboxylic acids is 2. The van der Waals surface area contributed by atoms with Crippen molar-refractivity contribution in [1.29, 1.82) is 0 Å². The van der Waals surface area contributed by atoms with Gasteiger partial charge in [-0.05, 0) is 79.6 Å². The molecular weight excluding hydrogens is 396 g/mol. The summed E-state index contributed by atoms with van der Waals surface area (Å²) in [6, 6.07) is 20.3. The molecule has 0 unspecified atom stereocenters. The second-order valence-corrected chi connectivity index (χ2v) is 7.97. The summed E-state index contributed by atoms with van der Waals surface area (Å²) in [6.45, 7) is 4.01. The number of thioether (sulfide) groups is 1. The molecule has 5 nitrogen and oxygen atoms in total. The van der Waals surface area contributed by atoms with Crippen LogP contribution in [0.15, 0.2) is 71.6 Å². The van der Waals surface area contributed by atoms with E-state index in [0.29, 0.717) is 17.0 Å². The summed E-state index contributed by atoms with van der Waals surface area (Å²) >= 11 is 1.42. The molecule has 0 heterocycles. The van der Waals surface area contributed by atoms with Crippen molar-refractivity contribution in [3.63, 3.8) is 0 Å². The quantitative estimate of drug-likeness (QED) is 0.509. The number of benzene rings is 3. The molecule has 0 aliphatic carbocycles. The summed E-state index contributed by atoms with van der Waals surface area (Å²) in [5.74, 6) is 0.706. The Hall–Kier alpha value is -3.25. The molecule has 0 aromatic heterocycles. The van der Waals surface area contributed by atoms with Gasteiger partial charge in [-0.2, -0.15) is 0 Å². The van der Waals surface area contributed by atoms with Gasteiger partial charge in [0, 0.05) is 21.8 Å². The molecule has 0 bridgehead atoms. The van der Waals surface area contributed by atoms with E-state index in [1.165, 1.54) is 11.8 Å². The lowest BCUT2D eigenvalue weighted by Gasteiger charge is -2.09. The number of hydrogen-bond donors (Lipinski definition) is 2. The molecule has 3 rings (SSSR count). The fraction of sp³-hybridized carbons (Fsp3) is 0.167. The molecule has 3 aromatic carbocycles. The lowest BCUT2D eigenvalue weighted by atomic mass is 10.1. The van der Waals surface area contributed by atoms with Crippen molar-refractivity contribution in [2.75, 3.05) is 23.5 Å². The van der Waals surface area contributed by atoms with E-state index in [2.05, 4.69) is 16.7 Å². The molecule has 154 valence electrons. The predicted octanol–water partition coefficient (Wildman–Crippen LogP) is 5.30. The van der Waals surface area contributed by atoms with Gasteiger partial charge in [-0.1, -0.05) is 12.1 Å². The van der Waals surface area contributed by atoms with Crippen LogP contribution in [0.25, 0.3) is 0 Å². The van der Waals surface area contributed by atoms with Crippen molar-refractivity contribution < 1.29 is 14.3 Å². The monoisotopic (exact) mass is 420 g/mol. The van der Waals surface area contributed by atoms with Crippen LogP contribution >= 0.6 is 11.8 Å². The van der Waals surface area contributed by atoms with Crippen LogP contribution in [0.1, 0.15) is 21.5 Å². The second-order valence-electron chi connectivity index (χ2n) is 6.92. The highest BCUT2D eigenvalue weighted by molar-refractivity contribution is 8.00. The van der Waals surface area contributed by atoms with Crippen molar-refractivity contribution in [3.05, 3.63) is 83.4 Å². The Morgan fingerprint density at radius 2 is 1.57 bits per heavy atom. The van der Waals surface area contributed by atoms with Crippen LogP contribution in [0.4, 0.5) is 11.4 Å². The van der Waals surface area contributed by atoms with Gasteiger partial charge in [0.05, 0.1) is 12.9 Å². The van der Waals surface area contributed by atoms with Crippen molar-refractivity contribution >= 4 is 35.0 Å². The van der Waals surface area contributed by atoms with Crippen LogP contribution in [-0.4, -0.2) is 24.7 Å². The van der Waals surface area contributed by atoms with Crippen LogP contribution in [0.2, 0.25) is 0 Å². The highest BCUT2D eigenvalue weighted by Crippen LogP contribution is 2.23. The third-order valence-corrected chi connectivity index (χ3v) is 5.31. The van der Waals surface area contributed by atoms with E-state index < -0.39 is 0 Å². The molecule has 0 radical (unpaired) electrons. The van der Waals surface area contributed by atoms with E-state index in [4.69, 9.17) is 4.74 Å². The largest absolute Gasteiger partial charge is 0.497 e. The molecule has 0 saturated heterocycles. The SMILES string of the molecule is COc1ccc(C(=O)Nc2cccc(SCC(=O)Nc3cc(C)cc(C)c3)c2)cc1. The first kappa shape index (κ1) is 21.5. The molecule has 2 amide bonds. The highest BCUT2D eigenvalue weighted by atomic mass is 32.2. The third kappa shape index (κ3) is 6.12. The van der Waals surface area contributed by atoms with Crippen molar-refractivity contribution in [3.8, 4) is 5.75 Å². The first-order valence-electron chi connectivity index (χ1n) is 9.49. The lowest BCUT2D eigenvalue weighted by molar-refractivity contribution is -0.113. The summed E-state index contributed by atoms with van der Waals surface area (Å²) < 4.78 is 5.11. The van der Waals surface area contributed by atoms with E-state index in [0.717, 1.165) is 21.7 Å². The van der Waals surface area contributed by atoms with Gasteiger partial charge in [-0.25, -0.2) is 0 Å². The standard InChI is InChI=1S/C24H24N2O3S/c1-16-11-17(2)13-20(12-16)25-23(27)15-30-22-6-4-5-19(14-22)26-24(28)18-7-9-21(29-3)10-8-18/h4-14H,15H2,1-3H3,(H,25,27)(H,26,28). The zero-order valence-electron chi connectivity index (χ0n) is 17.2. The minimum atomic E-state index is -0.202. The number of aryl methyl sites for hydroxylation is 2. The maximum absolute atomic E-state index is 12.4. The summed E-state index contributed by atoms with van der Waals surface area (Å²) in [6.07, 6.45) is 0. The molecule has 2 N–H and O–H groups in total. The van der Waals surface area contributed by atoms with Gasteiger partial charge in [0.2, 0.25) is 5.91 Å². The van der Waals surface area contributed by atoms with Gasteiger partial charge in [0.1, 0.15) is 5.75 Å². The Labute approximate surface area is 180 Å². The van der Waals surface area contributed by atoms with Crippen LogP contribution in [0, 0.1) is 13.8 Å². The summed E-state index contributed by atoms with van der Waals surface area (Å²) in [5.41, 5.74) is 4.24. The Kier molecular flexibility index (Phi) is 7.14. The number of hydrogen-bond acceptors (Lipinski definition) is 4. The van der Waals surface area contributed by atoms with Gasteiger partial charge in [-0.3, -0.25) is 9.59 Å². The number of methoxy groups -OCH3 is 1. The average molecular weight is 421 g/mol. The second kappa shape index (κ2) is 9.98. The van der Waals surface area contributed by atoms with Gasteiger partial charge in [0.25, 0.3) is 5.91 Å². The molecule has 30 heavy (non-hydrogen) atoms. The normalized spacial score (nSPS) is 10.4. The molecule has 0 saturated carbocycles. The molecule has 6 heteroatoms. The van der Waals surface area contributed by atoms with Gasteiger partial charge >= 0.3 is 0 Å². The Bertz CT molecular complexity index is 1030. The smallest absolute Gasteiger partial charge is 0.255 e. The summed E-state index contributed by atoms with van der Waals surface area (Å²) in [4.78, 5) is 25.6. The van der Waals surface area contributed by atoms with Crippen molar-refractivity contribution in [1.82, 2.24) is 0 Å². The molecule has 3 aromatic rings. The van der Waals surface area contributed by atoms with E-state index in [1.807, 2.05) is 50.2 Å². The zero-order valence-corrected chi connectivity index (χ0v) is 18.0. The number of nitrogens with one attached hydrogen (secondary N) is 2. The van der Waals surface area contributed by atoms with Crippen LogP contribution in [-0.2, 0) is 4.79 Å². The van der Waals surface area contributed by atoms with E-state index >= 15 is 0 Å². The Balaban J connectivity index is 1.56. The fourth-order valence-corrected chi connectivity index (χ4v) is 3.76. The first-order valence-corrected chi connectivity index (χ1v) is 10.5. The lowest BCUT2D eigenvalue weighted by Crippen LogP contribution is -2.14. The van der Waals surface area contributed by atoms with Crippen molar-refractivity contribution in [2.45, 2.75) is 18.7 Å². The highest BCUT2D eigenvalue weighted by Gasteiger charge is 2.08. The molecule has 0 fully saturated rings. The van der Waals surface area contributed by atoms with E-state index in [-0.39, 0.29) is 17.6 Å². The fourth-order valence-electron chi connectivity index (χ4n) is 3.00. The zero-order chi connectivity index (χ0) is 21.5. The number of ether oxygens (including phenoxy) is 1. The number of carbonyl (C=O) groups is 2. The minimum Gasteiger partial charge on any atom is -0.497 e. The van der Waals surface area contributed by atoms with Crippen LogP contribution < -0.4 is 15.4 Å². The van der Waals surface area contributed by atoms with Gasteiger partial charge in [0.15, 0.2) is 0 Å². The summed E-state index contributed by atoms with van der Waals surface area (Å²) in [7, 11) is 1.58. The summed E-state index contributed by atoms with van der Waals surface area (Å²) in [5, 5.41) is 5.81. The third-order valence-electron chi connectivity index (χ3n) is 4.32. The Morgan fingerprint density at radius 1 is 0.867 bits per heavy atom. The number of rotatable bonds is 7. The molecular formula is C24H24N2O3S. The maximum atomic E-state index is 12.4. The molecule has 0 atom stereocenters. The number of amides is 2. The Morgan fingerprint density at radius 3 is 2.23 bits per heavy atom. The first-order chi connectivity index (χ1) is 14.4. The minimum absolute atomic E-state index is 0.0716. The molecule has 0 spiro atoms. The molecule has 0 aliphatic heterocycles. The average Bonchev–Trinajstić information content (AvgIpc) is 2.72. The van der Waals surface area contributed by atoms with Crippen LogP contribution in [0.3, 0.4) is 0 Å². The van der Waals surface area contributed by atoms with Gasteiger partial charge < -0.3 is 15.4 Å². The van der Waals surface area contributed by atoms with Gasteiger partial charge in [-0.15, -0.1) is 11.8 Å². The number of anilines is 2. The molecule has 0 aliphatic rings.